The van der Waals surface area contributed by atoms with E-state index in [0.29, 0.717) is 0 Å². The Kier molecular flexibility index (Phi) is 3.29. The van der Waals surface area contributed by atoms with Gasteiger partial charge in [-0.25, -0.2) is 19.3 Å². The summed E-state index contributed by atoms with van der Waals surface area (Å²) in [4.78, 5) is 33.3. The molecule has 0 spiro atoms. The number of hydrogen-bond donors (Lipinski definition) is 4. The molecule has 10 nitrogen and oxygen atoms in total. The number of nitrogens with one attached hydrogen (secondary N) is 1. The van der Waals surface area contributed by atoms with E-state index in [1.165, 1.54) is 6.20 Å². The standard InChI is InChI=1S/C11H12N4O6/c16-2-5-6(17)7(18)10(21-5)15-8-4(1-12-3-13-8)9(19)14-11(15)20/h1,3,5-7,10,16-18H,2H2,(H,14,19,20)/t5-,6-,7+,10+/m1/s1. The summed E-state index contributed by atoms with van der Waals surface area (Å²) in [6.07, 6.45) is -2.78. The summed E-state index contributed by atoms with van der Waals surface area (Å²) in [5, 5.41) is 28.9. The van der Waals surface area contributed by atoms with Crippen molar-refractivity contribution in [1.29, 1.82) is 0 Å². The topological polar surface area (TPSA) is 151 Å². The van der Waals surface area contributed by atoms with Crippen LogP contribution in [0.5, 0.6) is 0 Å². The van der Waals surface area contributed by atoms with E-state index in [-0.39, 0.29) is 11.0 Å². The van der Waals surface area contributed by atoms with Gasteiger partial charge in [0, 0.05) is 6.20 Å². The molecule has 0 saturated carbocycles. The Morgan fingerprint density at radius 1 is 1.33 bits per heavy atom. The highest BCUT2D eigenvalue weighted by Crippen LogP contribution is 2.29. The molecule has 10 heteroatoms. The normalized spacial score (nSPS) is 29.1. The Morgan fingerprint density at radius 2 is 2.10 bits per heavy atom. The number of rotatable bonds is 2. The number of H-pyrrole nitrogens is 1. The fourth-order valence-electron chi connectivity index (χ4n) is 2.33. The van der Waals surface area contributed by atoms with Crippen LogP contribution in [0.25, 0.3) is 11.0 Å². The molecular weight excluding hydrogens is 284 g/mol. The van der Waals surface area contributed by atoms with Gasteiger partial charge < -0.3 is 20.1 Å². The van der Waals surface area contributed by atoms with Crippen LogP contribution in [0, 0.1) is 0 Å². The maximum absolute atomic E-state index is 12.0. The fraction of sp³-hybridized carbons (Fsp3) is 0.455. The SMILES string of the molecule is O=c1[nH]c(=O)n([C@H]2O[C@H](CO)[C@@H](O)[C@@H]2O)c2ncncc12. The fourth-order valence-corrected chi connectivity index (χ4v) is 2.33. The summed E-state index contributed by atoms with van der Waals surface area (Å²) >= 11 is 0. The second kappa shape index (κ2) is 5.00. The maximum atomic E-state index is 12.0. The molecule has 21 heavy (non-hydrogen) atoms. The van der Waals surface area contributed by atoms with Gasteiger partial charge in [0.15, 0.2) is 11.9 Å². The summed E-state index contributed by atoms with van der Waals surface area (Å²) in [7, 11) is 0. The zero-order valence-corrected chi connectivity index (χ0v) is 10.6. The lowest BCUT2D eigenvalue weighted by Crippen LogP contribution is -2.38. The minimum Gasteiger partial charge on any atom is -0.394 e. The van der Waals surface area contributed by atoms with E-state index in [4.69, 9.17) is 9.84 Å². The molecule has 1 aliphatic rings. The van der Waals surface area contributed by atoms with E-state index in [9.17, 15) is 19.8 Å². The molecule has 0 aliphatic carbocycles. The van der Waals surface area contributed by atoms with Gasteiger partial charge in [0.25, 0.3) is 5.56 Å². The highest BCUT2D eigenvalue weighted by Gasteiger charge is 2.44. The Morgan fingerprint density at radius 3 is 2.76 bits per heavy atom. The van der Waals surface area contributed by atoms with E-state index in [1.54, 1.807) is 0 Å². The van der Waals surface area contributed by atoms with Crippen LogP contribution in [0.1, 0.15) is 6.23 Å². The monoisotopic (exact) mass is 296 g/mol. The van der Waals surface area contributed by atoms with Gasteiger partial charge in [-0.3, -0.25) is 9.78 Å². The van der Waals surface area contributed by atoms with E-state index in [0.717, 1.165) is 10.9 Å². The average Bonchev–Trinajstić information content (AvgIpc) is 2.75. The van der Waals surface area contributed by atoms with Crippen LogP contribution in [0.2, 0.25) is 0 Å². The molecule has 4 atom stereocenters. The number of aliphatic hydroxyl groups is 3. The summed E-state index contributed by atoms with van der Waals surface area (Å²) in [6, 6.07) is 0. The number of fused-ring (bicyclic) bond motifs is 1. The zero-order valence-electron chi connectivity index (χ0n) is 10.6. The maximum Gasteiger partial charge on any atom is 0.332 e. The minimum atomic E-state index is -1.45. The predicted octanol–water partition coefficient (Wildman–Crippen LogP) is -2.91. The van der Waals surface area contributed by atoms with Gasteiger partial charge in [-0.2, -0.15) is 0 Å². The van der Waals surface area contributed by atoms with Crippen molar-refractivity contribution in [3.8, 4) is 0 Å². The Hall–Kier alpha value is -2.14. The number of aliphatic hydroxyl groups excluding tert-OH is 3. The number of aromatic amines is 1. The van der Waals surface area contributed by atoms with Crippen LogP contribution in [0.4, 0.5) is 0 Å². The molecule has 0 bridgehead atoms. The number of hydrogen-bond acceptors (Lipinski definition) is 8. The lowest BCUT2D eigenvalue weighted by Gasteiger charge is -2.18. The molecule has 4 N–H and O–H groups in total. The Balaban J connectivity index is 2.22. The number of aromatic nitrogens is 4. The third-order valence-electron chi connectivity index (χ3n) is 3.37. The lowest BCUT2D eigenvalue weighted by atomic mass is 10.1. The molecule has 1 aliphatic heterocycles. The quantitative estimate of drug-likeness (QED) is 0.460. The average molecular weight is 296 g/mol. The van der Waals surface area contributed by atoms with Crippen molar-refractivity contribution in [1.82, 2.24) is 19.5 Å². The molecule has 0 aromatic carbocycles. The van der Waals surface area contributed by atoms with E-state index in [1.807, 2.05) is 0 Å². The van der Waals surface area contributed by atoms with Crippen molar-refractivity contribution < 1.29 is 20.1 Å². The second-order valence-corrected chi connectivity index (χ2v) is 4.62. The number of ether oxygens (including phenoxy) is 1. The molecule has 0 amide bonds. The van der Waals surface area contributed by atoms with Crippen LogP contribution in [-0.2, 0) is 4.74 Å². The Bertz CT molecular complexity index is 786. The molecule has 0 unspecified atom stereocenters. The van der Waals surface area contributed by atoms with Crippen LogP contribution < -0.4 is 11.2 Å². The third-order valence-corrected chi connectivity index (χ3v) is 3.37. The molecular formula is C11H12N4O6. The molecule has 3 rings (SSSR count). The van der Waals surface area contributed by atoms with Gasteiger partial charge in [0.2, 0.25) is 0 Å². The highest BCUT2D eigenvalue weighted by molar-refractivity contribution is 5.72. The highest BCUT2D eigenvalue weighted by atomic mass is 16.6. The van der Waals surface area contributed by atoms with Gasteiger partial charge in [-0.1, -0.05) is 0 Å². The first kappa shape index (κ1) is 13.8. The predicted molar refractivity (Wildman–Crippen MR) is 67.4 cm³/mol. The summed E-state index contributed by atoms with van der Waals surface area (Å²) < 4.78 is 6.20. The van der Waals surface area contributed by atoms with Crippen LogP contribution >= 0.6 is 0 Å². The van der Waals surface area contributed by atoms with Gasteiger partial charge in [0.05, 0.1) is 6.61 Å². The van der Waals surface area contributed by atoms with E-state index < -0.39 is 42.4 Å². The molecule has 1 fully saturated rings. The van der Waals surface area contributed by atoms with Crippen molar-refractivity contribution >= 4 is 11.0 Å². The molecule has 2 aromatic rings. The van der Waals surface area contributed by atoms with Gasteiger partial charge in [-0.15, -0.1) is 0 Å². The minimum absolute atomic E-state index is 0.0337. The molecule has 3 heterocycles. The van der Waals surface area contributed by atoms with Crippen LogP contribution in [0.15, 0.2) is 22.1 Å². The molecule has 112 valence electrons. The van der Waals surface area contributed by atoms with Crippen LogP contribution in [-0.4, -0.2) is 59.8 Å². The van der Waals surface area contributed by atoms with Crippen molar-refractivity contribution in [2.45, 2.75) is 24.5 Å². The Labute approximate surface area is 116 Å². The van der Waals surface area contributed by atoms with Crippen molar-refractivity contribution in [3.05, 3.63) is 33.4 Å². The second-order valence-electron chi connectivity index (χ2n) is 4.62. The first-order chi connectivity index (χ1) is 10.0. The zero-order chi connectivity index (χ0) is 15.1. The first-order valence-corrected chi connectivity index (χ1v) is 6.11. The van der Waals surface area contributed by atoms with Crippen molar-refractivity contribution in [2.75, 3.05) is 6.61 Å². The third kappa shape index (κ3) is 2.05. The summed E-state index contributed by atoms with van der Waals surface area (Å²) in [6.45, 7) is -0.528. The van der Waals surface area contributed by atoms with Gasteiger partial charge in [-0.05, 0) is 0 Å². The van der Waals surface area contributed by atoms with Crippen molar-refractivity contribution in [2.24, 2.45) is 0 Å². The van der Waals surface area contributed by atoms with E-state index >= 15 is 0 Å². The number of nitrogens with zero attached hydrogens (tertiary/aromatic N) is 3. The van der Waals surface area contributed by atoms with E-state index in [2.05, 4.69) is 15.0 Å². The lowest BCUT2D eigenvalue weighted by molar-refractivity contribution is -0.0530. The van der Waals surface area contributed by atoms with Gasteiger partial charge in [0.1, 0.15) is 30.0 Å². The molecule has 0 radical (unpaired) electrons. The largest absolute Gasteiger partial charge is 0.394 e. The molecule has 1 saturated heterocycles. The summed E-state index contributed by atoms with van der Waals surface area (Å²) in [5.74, 6) is 0. The molecule has 2 aromatic heterocycles. The van der Waals surface area contributed by atoms with Crippen LogP contribution in [0.3, 0.4) is 0 Å². The van der Waals surface area contributed by atoms with Gasteiger partial charge >= 0.3 is 5.69 Å². The summed E-state index contributed by atoms with van der Waals surface area (Å²) in [5.41, 5.74) is -1.55. The first-order valence-electron chi connectivity index (χ1n) is 6.11. The smallest absolute Gasteiger partial charge is 0.332 e. The van der Waals surface area contributed by atoms with Crippen molar-refractivity contribution in [3.63, 3.8) is 0 Å².